The van der Waals surface area contributed by atoms with E-state index in [4.69, 9.17) is 4.74 Å². The Morgan fingerprint density at radius 3 is 2.56 bits per heavy atom. The lowest BCUT2D eigenvalue weighted by atomic mass is 9.86. The van der Waals surface area contributed by atoms with Gasteiger partial charge < -0.3 is 4.74 Å². The molecule has 1 N–H and O–H groups in total. The van der Waals surface area contributed by atoms with Crippen LogP contribution in [0.1, 0.15) is 18.4 Å². The Hall–Kier alpha value is -1.56. The molecule has 2 bridgehead atoms. The maximum atomic E-state index is 12.3. The molecule has 1 atom stereocenters. The molecule has 1 unspecified atom stereocenters. The summed E-state index contributed by atoms with van der Waals surface area (Å²) in [7, 11) is 0. The minimum atomic E-state index is -0.333. The fourth-order valence-electron chi connectivity index (χ4n) is 3.66. The third-order valence-electron chi connectivity index (χ3n) is 5.07. The van der Waals surface area contributed by atoms with Crippen LogP contribution < -0.4 is 5.32 Å². The van der Waals surface area contributed by atoms with E-state index in [2.05, 4.69) is 41.4 Å². The second kappa shape index (κ2) is 7.77. The van der Waals surface area contributed by atoms with Crippen molar-refractivity contribution in [1.29, 1.82) is 0 Å². The zero-order valence-corrected chi connectivity index (χ0v) is 15.9. The second-order valence-corrected chi connectivity index (χ2v) is 7.65. The van der Waals surface area contributed by atoms with Gasteiger partial charge in [0.1, 0.15) is 6.10 Å². The summed E-state index contributed by atoms with van der Waals surface area (Å²) in [5.41, 5.74) is 3.18. The highest BCUT2D eigenvalue weighted by atomic mass is 35.5. The lowest BCUT2D eigenvalue weighted by Crippen LogP contribution is -2.52. The average Bonchev–Trinajstić information content (AvgIpc) is 3.04. The van der Waals surface area contributed by atoms with Gasteiger partial charge in [0.15, 0.2) is 0 Å². The number of hydrogen-bond donors (Lipinski definition) is 1. The van der Waals surface area contributed by atoms with E-state index >= 15 is 0 Å². The molecule has 1 aromatic carbocycles. The number of aryl methyl sites for hydroxylation is 1. The molecule has 3 aliphatic heterocycles. The third kappa shape index (κ3) is 4.00. The topological polar surface area (TPSA) is 41.6 Å². The number of nitrogens with one attached hydrogen (secondary N) is 1. The highest BCUT2D eigenvalue weighted by Gasteiger charge is 2.36. The molecule has 3 aliphatic rings. The summed E-state index contributed by atoms with van der Waals surface area (Å²) >= 11 is 1.63. The Balaban J connectivity index is 0.00000182. The molecule has 2 aromatic rings. The molecule has 4 nitrogen and oxygen atoms in total. The third-order valence-corrected chi connectivity index (χ3v) is 6.03. The summed E-state index contributed by atoms with van der Waals surface area (Å²) in [5.74, 6) is 0.528. The van der Waals surface area contributed by atoms with E-state index in [-0.39, 0.29) is 24.6 Å². The van der Waals surface area contributed by atoms with Crippen molar-refractivity contribution in [2.24, 2.45) is 5.92 Å². The van der Waals surface area contributed by atoms with Crippen LogP contribution in [0.2, 0.25) is 0 Å². The number of thiophene rings is 1. The van der Waals surface area contributed by atoms with Gasteiger partial charge in [0.2, 0.25) is 0 Å². The molecule has 134 valence electrons. The number of fused-ring (bicyclic) bond motifs is 3. The normalized spacial score (nSPS) is 24.4. The van der Waals surface area contributed by atoms with Gasteiger partial charge in [-0.2, -0.15) is 0 Å². The summed E-state index contributed by atoms with van der Waals surface area (Å²) in [6.45, 7) is 5.25. The van der Waals surface area contributed by atoms with E-state index in [9.17, 15) is 4.79 Å². The maximum Gasteiger partial charge on any atom is 0.411 e. The first kappa shape index (κ1) is 18.2. The van der Waals surface area contributed by atoms with E-state index in [0.29, 0.717) is 5.92 Å². The molecule has 0 saturated carbocycles. The van der Waals surface area contributed by atoms with Gasteiger partial charge >= 0.3 is 6.09 Å². The lowest BCUT2D eigenvalue weighted by Gasteiger charge is -2.43. The number of benzene rings is 1. The van der Waals surface area contributed by atoms with Crippen molar-refractivity contribution >= 4 is 35.5 Å². The van der Waals surface area contributed by atoms with E-state index in [1.54, 1.807) is 11.3 Å². The number of halogens is 1. The highest BCUT2D eigenvalue weighted by Crippen LogP contribution is 2.34. The lowest BCUT2D eigenvalue weighted by molar-refractivity contribution is -0.0289. The van der Waals surface area contributed by atoms with Crippen LogP contribution in [0, 0.1) is 12.8 Å². The van der Waals surface area contributed by atoms with Crippen LogP contribution in [-0.2, 0) is 4.74 Å². The Kier molecular flexibility index (Phi) is 5.67. The Morgan fingerprint density at radius 1 is 1.20 bits per heavy atom. The quantitative estimate of drug-likeness (QED) is 0.834. The van der Waals surface area contributed by atoms with E-state index in [1.807, 2.05) is 11.4 Å². The van der Waals surface area contributed by atoms with Gasteiger partial charge in [0, 0.05) is 6.54 Å². The van der Waals surface area contributed by atoms with Gasteiger partial charge in [-0.15, -0.1) is 23.7 Å². The number of nitrogens with zero attached hydrogens (tertiary/aromatic N) is 1. The predicted octanol–water partition coefficient (Wildman–Crippen LogP) is 4.79. The van der Waals surface area contributed by atoms with E-state index in [0.717, 1.165) is 48.6 Å². The first-order valence-corrected chi connectivity index (χ1v) is 9.41. The van der Waals surface area contributed by atoms with Crippen LogP contribution in [0.25, 0.3) is 10.4 Å². The number of carbonyl (C=O) groups excluding carboxylic acids is 1. The summed E-state index contributed by atoms with van der Waals surface area (Å²) in [4.78, 5) is 15.8. The minimum absolute atomic E-state index is 0. The van der Waals surface area contributed by atoms with Crippen LogP contribution in [0.5, 0.6) is 0 Å². The molecule has 5 rings (SSSR count). The molecule has 6 heteroatoms. The second-order valence-electron chi connectivity index (χ2n) is 6.74. The van der Waals surface area contributed by atoms with Crippen molar-refractivity contribution in [2.45, 2.75) is 25.9 Å². The predicted molar refractivity (Wildman–Crippen MR) is 105 cm³/mol. The average molecular weight is 379 g/mol. The van der Waals surface area contributed by atoms with E-state index in [1.165, 1.54) is 5.56 Å². The summed E-state index contributed by atoms with van der Waals surface area (Å²) in [6.07, 6.45) is 1.99. The van der Waals surface area contributed by atoms with Crippen molar-refractivity contribution in [2.75, 3.05) is 25.0 Å². The number of rotatable bonds is 3. The fraction of sp³-hybridized carbons (Fsp3) is 0.421. The number of carbonyl (C=O) groups is 1. The molecule has 0 aliphatic carbocycles. The van der Waals surface area contributed by atoms with Gasteiger partial charge in [0.05, 0.1) is 10.6 Å². The number of amides is 1. The smallest absolute Gasteiger partial charge is 0.411 e. The molecule has 4 heterocycles. The molecule has 3 saturated heterocycles. The molecule has 1 amide bonds. The number of anilines is 1. The van der Waals surface area contributed by atoms with Gasteiger partial charge in [-0.05, 0) is 55.8 Å². The molecule has 0 spiro atoms. The Bertz CT molecular complexity index is 723. The number of ether oxygens (including phenoxy) is 1. The van der Waals surface area contributed by atoms with Gasteiger partial charge in [-0.25, -0.2) is 4.79 Å². The molecular formula is C19H23ClN2O2S. The van der Waals surface area contributed by atoms with Crippen molar-refractivity contribution in [3.05, 3.63) is 41.3 Å². The summed E-state index contributed by atoms with van der Waals surface area (Å²) in [6, 6.07) is 10.3. The highest BCUT2D eigenvalue weighted by molar-refractivity contribution is 7.14. The molecule has 25 heavy (non-hydrogen) atoms. The van der Waals surface area contributed by atoms with Gasteiger partial charge in [-0.1, -0.05) is 29.8 Å². The van der Waals surface area contributed by atoms with Gasteiger partial charge in [-0.3, -0.25) is 10.2 Å². The van der Waals surface area contributed by atoms with Crippen molar-refractivity contribution in [3.63, 3.8) is 0 Å². The summed E-state index contributed by atoms with van der Waals surface area (Å²) < 4.78 is 5.72. The first-order valence-electron chi connectivity index (χ1n) is 8.53. The molecular weight excluding hydrogens is 356 g/mol. The van der Waals surface area contributed by atoms with Crippen LogP contribution >= 0.6 is 23.7 Å². The van der Waals surface area contributed by atoms with Crippen LogP contribution in [-0.4, -0.2) is 36.7 Å². The molecule has 0 radical (unpaired) electrons. The van der Waals surface area contributed by atoms with Crippen molar-refractivity contribution in [3.8, 4) is 10.4 Å². The number of piperidine rings is 3. The van der Waals surface area contributed by atoms with Crippen LogP contribution in [0.15, 0.2) is 35.7 Å². The van der Waals surface area contributed by atoms with Crippen LogP contribution in [0.4, 0.5) is 10.5 Å². The minimum Gasteiger partial charge on any atom is -0.444 e. The molecule has 1 aromatic heterocycles. The SMILES string of the molecule is Cc1ccc(-c2sccc2NC(=O)OC2CN3CCC2CC3)cc1.Cl. The van der Waals surface area contributed by atoms with Gasteiger partial charge in [0.25, 0.3) is 0 Å². The summed E-state index contributed by atoms with van der Waals surface area (Å²) in [5, 5.41) is 4.94. The standard InChI is InChI=1S/C19H22N2O2S.ClH/c1-13-2-4-15(5-3-13)18-16(8-11-24-18)20-19(22)23-17-12-21-9-6-14(17)7-10-21;/h2-5,8,11,14,17H,6-7,9-10,12H2,1H3,(H,20,22);1H. The Labute approximate surface area is 158 Å². The zero-order chi connectivity index (χ0) is 16.5. The number of hydrogen-bond acceptors (Lipinski definition) is 4. The van der Waals surface area contributed by atoms with E-state index < -0.39 is 0 Å². The van der Waals surface area contributed by atoms with Crippen molar-refractivity contribution < 1.29 is 9.53 Å². The first-order chi connectivity index (χ1) is 11.7. The molecule has 3 fully saturated rings. The van der Waals surface area contributed by atoms with Crippen LogP contribution in [0.3, 0.4) is 0 Å². The monoisotopic (exact) mass is 378 g/mol. The fourth-order valence-corrected chi connectivity index (χ4v) is 4.52. The van der Waals surface area contributed by atoms with Crippen molar-refractivity contribution in [1.82, 2.24) is 4.90 Å². The largest absolute Gasteiger partial charge is 0.444 e. The Morgan fingerprint density at radius 2 is 1.92 bits per heavy atom. The zero-order valence-electron chi connectivity index (χ0n) is 14.2. The maximum absolute atomic E-state index is 12.3.